The molecule has 1 atom stereocenters. The molecule has 0 aliphatic carbocycles. The highest BCUT2D eigenvalue weighted by Gasteiger charge is 2.29. The smallest absolute Gasteiger partial charge is 0.238 e. The van der Waals surface area contributed by atoms with Crippen LogP contribution in [0.25, 0.3) is 0 Å². The van der Waals surface area contributed by atoms with Crippen LogP contribution in [0.2, 0.25) is 0 Å². The summed E-state index contributed by atoms with van der Waals surface area (Å²) in [7, 11) is 0. The van der Waals surface area contributed by atoms with Gasteiger partial charge in [0.25, 0.3) is 0 Å². The van der Waals surface area contributed by atoms with Crippen molar-refractivity contribution < 1.29 is 4.79 Å². The minimum Gasteiger partial charge on any atom is -0.320 e. The number of nitrogens with one attached hydrogen (secondary N) is 1. The maximum Gasteiger partial charge on any atom is 0.238 e. The van der Waals surface area contributed by atoms with Crippen LogP contribution in [0.4, 0.5) is 0 Å². The Bertz CT molecular complexity index is 176. The van der Waals surface area contributed by atoms with Crippen molar-refractivity contribution in [3.63, 3.8) is 0 Å². The Labute approximate surface area is 65.1 Å². The van der Waals surface area contributed by atoms with Gasteiger partial charge in [0.2, 0.25) is 5.91 Å². The lowest BCUT2D eigenvalue weighted by molar-refractivity contribution is -0.119. The maximum atomic E-state index is 11.0. The Morgan fingerprint density at radius 3 is 2.50 bits per heavy atom. The number of amides is 1. The van der Waals surface area contributed by atoms with Crippen LogP contribution in [0.3, 0.4) is 0 Å². The summed E-state index contributed by atoms with van der Waals surface area (Å²) in [6.45, 7) is 7.74. The summed E-state index contributed by atoms with van der Waals surface area (Å²) in [6, 6.07) is 0. The quantitative estimate of drug-likeness (QED) is 0.622. The van der Waals surface area contributed by atoms with Gasteiger partial charge in [0.05, 0.1) is 10.3 Å². The van der Waals surface area contributed by atoms with Crippen molar-refractivity contribution >= 4 is 17.7 Å². The highest BCUT2D eigenvalue weighted by Crippen LogP contribution is 2.30. The van der Waals surface area contributed by atoms with Crippen LogP contribution in [-0.2, 0) is 4.79 Å². The number of hydrogen-bond acceptors (Lipinski definition) is 2. The van der Waals surface area contributed by atoms with Crippen molar-refractivity contribution in [2.45, 2.75) is 19.1 Å². The molecule has 0 bridgehead atoms. The van der Waals surface area contributed by atoms with E-state index < -0.39 is 0 Å². The normalized spacial score (nSPS) is 25.7. The van der Waals surface area contributed by atoms with Crippen molar-refractivity contribution in [2.75, 3.05) is 0 Å². The van der Waals surface area contributed by atoms with Gasteiger partial charge < -0.3 is 5.32 Å². The molecule has 1 aliphatic heterocycles. The zero-order chi connectivity index (χ0) is 7.72. The molecule has 0 aromatic carbocycles. The van der Waals surface area contributed by atoms with Gasteiger partial charge in [-0.3, -0.25) is 4.79 Å². The zero-order valence-electron chi connectivity index (χ0n) is 6.18. The summed E-state index contributed by atoms with van der Waals surface area (Å²) < 4.78 is 0. The van der Waals surface area contributed by atoms with Crippen molar-refractivity contribution in [1.82, 2.24) is 5.32 Å². The average Bonchev–Trinajstić information content (AvgIpc) is 2.10. The van der Waals surface area contributed by atoms with E-state index in [0.717, 1.165) is 5.03 Å². The van der Waals surface area contributed by atoms with Crippen LogP contribution in [0.5, 0.6) is 0 Å². The monoisotopic (exact) mass is 157 g/mol. The highest BCUT2D eigenvalue weighted by molar-refractivity contribution is 8.04. The van der Waals surface area contributed by atoms with Gasteiger partial charge in [0.1, 0.15) is 0 Å². The van der Waals surface area contributed by atoms with E-state index in [1.807, 2.05) is 13.8 Å². The number of rotatable bonds is 1. The summed E-state index contributed by atoms with van der Waals surface area (Å²) in [5, 5.41) is 3.54. The number of thioether (sulfide) groups is 1. The minimum atomic E-state index is 0.0764. The molecule has 1 unspecified atom stereocenters. The maximum absolute atomic E-state index is 11.0. The van der Waals surface area contributed by atoms with Crippen LogP contribution in [-0.4, -0.2) is 11.2 Å². The van der Waals surface area contributed by atoms with Crippen LogP contribution < -0.4 is 5.32 Å². The molecule has 0 aromatic heterocycles. The van der Waals surface area contributed by atoms with Crippen LogP contribution in [0, 0.1) is 5.92 Å². The van der Waals surface area contributed by atoms with Crippen molar-refractivity contribution in [2.24, 2.45) is 5.92 Å². The van der Waals surface area contributed by atoms with E-state index in [-0.39, 0.29) is 11.2 Å². The van der Waals surface area contributed by atoms with E-state index in [1.54, 1.807) is 0 Å². The standard InChI is InChI=1S/C7H11NOS/c1-4(2)6-7(9)8-5(3)10-6/h4,6H,3H2,1-2H3,(H,8,9). The van der Waals surface area contributed by atoms with Crippen molar-refractivity contribution in [3.8, 4) is 0 Å². The molecule has 1 heterocycles. The molecule has 0 radical (unpaired) electrons. The van der Waals surface area contributed by atoms with E-state index in [1.165, 1.54) is 11.8 Å². The fourth-order valence-corrected chi connectivity index (χ4v) is 1.79. The van der Waals surface area contributed by atoms with E-state index in [2.05, 4.69) is 11.9 Å². The molecule has 56 valence electrons. The van der Waals surface area contributed by atoms with Gasteiger partial charge in [0.15, 0.2) is 0 Å². The minimum absolute atomic E-state index is 0.0764. The second-order valence-corrected chi connectivity index (χ2v) is 3.93. The van der Waals surface area contributed by atoms with Crippen LogP contribution in [0.1, 0.15) is 13.8 Å². The lowest BCUT2D eigenvalue weighted by Crippen LogP contribution is -2.25. The third-order valence-corrected chi connectivity index (χ3v) is 2.79. The van der Waals surface area contributed by atoms with E-state index in [0.29, 0.717) is 5.92 Å². The van der Waals surface area contributed by atoms with Crippen molar-refractivity contribution in [1.29, 1.82) is 0 Å². The molecule has 0 spiro atoms. The number of carbonyl (C=O) groups is 1. The second-order valence-electron chi connectivity index (χ2n) is 2.69. The SMILES string of the molecule is C=C1NC(=O)C(C(C)C)S1. The largest absolute Gasteiger partial charge is 0.320 e. The molecule has 1 saturated heterocycles. The molecule has 3 heteroatoms. The topological polar surface area (TPSA) is 29.1 Å². The first-order valence-electron chi connectivity index (χ1n) is 3.27. The fourth-order valence-electron chi connectivity index (χ4n) is 0.884. The predicted molar refractivity (Wildman–Crippen MR) is 43.5 cm³/mol. The fraction of sp³-hybridized carbons (Fsp3) is 0.571. The second kappa shape index (κ2) is 2.66. The molecule has 1 fully saturated rings. The van der Waals surface area contributed by atoms with E-state index in [9.17, 15) is 4.79 Å². The van der Waals surface area contributed by atoms with Crippen LogP contribution >= 0.6 is 11.8 Å². The Kier molecular flexibility index (Phi) is 2.04. The molecule has 1 amide bonds. The van der Waals surface area contributed by atoms with Gasteiger partial charge >= 0.3 is 0 Å². The molecule has 1 N–H and O–H groups in total. The average molecular weight is 157 g/mol. The Morgan fingerprint density at radius 2 is 2.30 bits per heavy atom. The lowest BCUT2D eigenvalue weighted by Gasteiger charge is -2.07. The number of hydrogen-bond donors (Lipinski definition) is 1. The molecule has 1 aliphatic rings. The third kappa shape index (κ3) is 1.34. The summed E-state index contributed by atoms with van der Waals surface area (Å²) in [5.41, 5.74) is 0. The highest BCUT2D eigenvalue weighted by atomic mass is 32.2. The first-order valence-corrected chi connectivity index (χ1v) is 4.15. The molecule has 1 rings (SSSR count). The van der Waals surface area contributed by atoms with Crippen LogP contribution in [0.15, 0.2) is 11.6 Å². The lowest BCUT2D eigenvalue weighted by atomic mass is 10.1. The van der Waals surface area contributed by atoms with E-state index in [4.69, 9.17) is 0 Å². The summed E-state index contributed by atoms with van der Waals surface area (Å²) in [5.74, 6) is 0.495. The first kappa shape index (κ1) is 7.66. The Balaban J connectivity index is 2.63. The predicted octanol–water partition coefficient (Wildman–Crippen LogP) is 1.35. The zero-order valence-corrected chi connectivity index (χ0v) is 6.99. The molecule has 2 nitrogen and oxygen atoms in total. The van der Waals surface area contributed by atoms with Gasteiger partial charge in [-0.15, -0.1) is 0 Å². The summed E-state index contributed by atoms with van der Waals surface area (Å²) in [4.78, 5) is 11.0. The van der Waals surface area contributed by atoms with Gasteiger partial charge in [-0.1, -0.05) is 32.2 Å². The van der Waals surface area contributed by atoms with Gasteiger partial charge in [0, 0.05) is 0 Å². The molecule has 0 saturated carbocycles. The first-order chi connectivity index (χ1) is 4.61. The van der Waals surface area contributed by atoms with E-state index >= 15 is 0 Å². The number of carbonyl (C=O) groups excluding carboxylic acids is 1. The van der Waals surface area contributed by atoms with Gasteiger partial charge in [-0.2, -0.15) is 0 Å². The van der Waals surface area contributed by atoms with Crippen molar-refractivity contribution in [3.05, 3.63) is 11.6 Å². The van der Waals surface area contributed by atoms with Gasteiger partial charge in [-0.25, -0.2) is 0 Å². The third-order valence-electron chi connectivity index (χ3n) is 1.40. The molecular formula is C7H11NOS. The van der Waals surface area contributed by atoms with Gasteiger partial charge in [-0.05, 0) is 5.92 Å². The molecular weight excluding hydrogens is 146 g/mol. The summed E-state index contributed by atoms with van der Waals surface area (Å²) >= 11 is 1.53. The molecule has 10 heavy (non-hydrogen) atoms. The molecule has 0 aromatic rings. The summed E-state index contributed by atoms with van der Waals surface area (Å²) in [6.07, 6.45) is 0. The Morgan fingerprint density at radius 1 is 1.70 bits per heavy atom. The Hall–Kier alpha value is -0.440.